The molecule has 0 fully saturated rings. The van der Waals surface area contributed by atoms with Crippen molar-refractivity contribution in [3.8, 4) is 5.75 Å². The Kier molecular flexibility index (Phi) is 5.62. The summed E-state index contributed by atoms with van der Waals surface area (Å²) in [5.74, 6) is -0.180. The van der Waals surface area contributed by atoms with Gasteiger partial charge in [0.2, 0.25) is 12.0 Å². The van der Waals surface area contributed by atoms with Gasteiger partial charge in [0.05, 0.1) is 11.7 Å². The highest BCUT2D eigenvalue weighted by molar-refractivity contribution is 6.30. The number of carbonyl (C=O) groups is 2. The lowest BCUT2D eigenvalue weighted by Gasteiger charge is -2.28. The number of halogens is 1. The molecule has 0 bridgehead atoms. The third-order valence-corrected chi connectivity index (χ3v) is 3.64. The molecule has 0 spiro atoms. The molecule has 0 saturated heterocycles. The fourth-order valence-electron chi connectivity index (χ4n) is 1.99. The van der Waals surface area contributed by atoms with E-state index in [1.54, 1.807) is 55.1 Å². The molecule has 128 valence electrons. The van der Waals surface area contributed by atoms with Gasteiger partial charge in [-0.1, -0.05) is 11.6 Å². The van der Waals surface area contributed by atoms with Crippen molar-refractivity contribution >= 4 is 23.4 Å². The van der Waals surface area contributed by atoms with Gasteiger partial charge in [-0.3, -0.25) is 14.2 Å². The Balaban J connectivity index is 2.24. The van der Waals surface area contributed by atoms with E-state index in [4.69, 9.17) is 21.1 Å². The molecule has 1 aromatic heterocycles. The molecule has 2 rings (SSSR count). The maximum atomic E-state index is 13.0. The predicted molar refractivity (Wildman–Crippen MR) is 88.8 cm³/mol. The first-order valence-electron chi connectivity index (χ1n) is 7.37. The molecule has 0 aliphatic heterocycles. The third-order valence-electron chi connectivity index (χ3n) is 3.38. The van der Waals surface area contributed by atoms with Gasteiger partial charge in [0.1, 0.15) is 12.4 Å². The van der Waals surface area contributed by atoms with Crippen LogP contribution >= 0.6 is 11.6 Å². The summed E-state index contributed by atoms with van der Waals surface area (Å²) in [6, 6.07) is 6.71. The second-order valence-electron chi connectivity index (χ2n) is 5.96. The van der Waals surface area contributed by atoms with Crippen LogP contribution in [-0.4, -0.2) is 27.9 Å². The predicted octanol–water partition coefficient (Wildman–Crippen LogP) is 3.27. The number of ketones is 1. The Hall–Kier alpha value is -2.34. The van der Waals surface area contributed by atoms with E-state index in [1.807, 2.05) is 0 Å². The lowest BCUT2D eigenvalue weighted by molar-refractivity contribution is -0.150. The summed E-state index contributed by atoms with van der Waals surface area (Å²) < 4.78 is 12.4. The fourth-order valence-corrected chi connectivity index (χ4v) is 2.11. The van der Waals surface area contributed by atoms with Crippen LogP contribution in [0.25, 0.3) is 0 Å². The second kappa shape index (κ2) is 7.49. The number of carbonyl (C=O) groups excluding carboxylic acids is 2. The summed E-state index contributed by atoms with van der Waals surface area (Å²) in [6.45, 7) is 4.68. The van der Waals surface area contributed by atoms with Gasteiger partial charge in [-0.05, 0) is 38.1 Å². The van der Waals surface area contributed by atoms with Gasteiger partial charge in [-0.25, -0.2) is 4.98 Å². The molecule has 0 amide bonds. The zero-order chi connectivity index (χ0) is 17.7. The molecule has 7 heteroatoms. The standard InChI is InChI=1S/C17H19ClN2O4/c1-12(21)23-10-17(2,3)15(22)16(20-9-8-19-11-20)24-14-6-4-13(18)5-7-14/h4-9,11,16H,10H2,1-3H3. The van der Waals surface area contributed by atoms with Crippen LogP contribution in [0, 0.1) is 5.41 Å². The third kappa shape index (κ3) is 4.58. The summed E-state index contributed by atoms with van der Waals surface area (Å²) in [7, 11) is 0. The average Bonchev–Trinajstić information content (AvgIpc) is 3.06. The molecule has 1 heterocycles. The highest BCUT2D eigenvalue weighted by Gasteiger charge is 2.37. The van der Waals surface area contributed by atoms with Crippen LogP contribution in [0.1, 0.15) is 27.0 Å². The van der Waals surface area contributed by atoms with Crippen molar-refractivity contribution in [2.75, 3.05) is 6.61 Å². The maximum absolute atomic E-state index is 13.0. The molecule has 24 heavy (non-hydrogen) atoms. The first-order valence-corrected chi connectivity index (χ1v) is 7.75. The maximum Gasteiger partial charge on any atom is 0.302 e. The normalized spacial score (nSPS) is 12.5. The Morgan fingerprint density at radius 3 is 2.50 bits per heavy atom. The number of hydrogen-bond acceptors (Lipinski definition) is 5. The number of Topliss-reactive ketones (excluding diaryl/α,β-unsaturated/α-hetero) is 1. The number of aromatic nitrogens is 2. The minimum absolute atomic E-state index is 0.0314. The van der Waals surface area contributed by atoms with Gasteiger partial charge in [-0.15, -0.1) is 0 Å². The number of ether oxygens (including phenoxy) is 2. The first-order chi connectivity index (χ1) is 11.3. The van der Waals surface area contributed by atoms with Gasteiger partial charge < -0.3 is 9.47 Å². The summed E-state index contributed by atoms with van der Waals surface area (Å²) in [5.41, 5.74) is -0.924. The van der Waals surface area contributed by atoms with Crippen LogP contribution in [-0.2, 0) is 14.3 Å². The molecule has 6 nitrogen and oxygen atoms in total. The number of nitrogens with zero attached hydrogens (tertiary/aromatic N) is 2. The highest BCUT2D eigenvalue weighted by atomic mass is 35.5. The largest absolute Gasteiger partial charge is 0.465 e. The Morgan fingerprint density at radius 2 is 1.96 bits per heavy atom. The molecule has 0 aliphatic rings. The molecule has 1 unspecified atom stereocenters. The van der Waals surface area contributed by atoms with Gasteiger partial charge in [0.15, 0.2) is 0 Å². The molecule has 1 aromatic carbocycles. The van der Waals surface area contributed by atoms with Crippen LogP contribution in [0.2, 0.25) is 5.02 Å². The van der Waals surface area contributed by atoms with E-state index in [0.717, 1.165) is 0 Å². The lowest BCUT2D eigenvalue weighted by atomic mass is 9.88. The summed E-state index contributed by atoms with van der Waals surface area (Å²) >= 11 is 5.87. The zero-order valence-electron chi connectivity index (χ0n) is 13.7. The molecule has 0 N–H and O–H groups in total. The quantitative estimate of drug-likeness (QED) is 0.717. The van der Waals surface area contributed by atoms with Crippen molar-refractivity contribution in [2.24, 2.45) is 5.41 Å². The highest BCUT2D eigenvalue weighted by Crippen LogP contribution is 2.28. The van der Waals surface area contributed by atoms with Crippen molar-refractivity contribution in [1.29, 1.82) is 0 Å². The van der Waals surface area contributed by atoms with E-state index >= 15 is 0 Å². The molecule has 0 saturated carbocycles. The number of benzene rings is 1. The summed E-state index contributed by atoms with van der Waals surface area (Å²) in [4.78, 5) is 28.0. The minimum Gasteiger partial charge on any atom is -0.465 e. The Labute approximate surface area is 145 Å². The Bertz CT molecular complexity index is 696. The molecule has 0 radical (unpaired) electrons. The van der Waals surface area contributed by atoms with Gasteiger partial charge >= 0.3 is 5.97 Å². The van der Waals surface area contributed by atoms with Crippen LogP contribution in [0.3, 0.4) is 0 Å². The van der Waals surface area contributed by atoms with E-state index in [-0.39, 0.29) is 12.4 Å². The van der Waals surface area contributed by atoms with E-state index < -0.39 is 17.6 Å². The summed E-state index contributed by atoms with van der Waals surface area (Å²) in [5, 5.41) is 0.572. The molecular weight excluding hydrogens is 332 g/mol. The molecular formula is C17H19ClN2O4. The fraction of sp³-hybridized carbons (Fsp3) is 0.353. The second-order valence-corrected chi connectivity index (χ2v) is 6.40. The topological polar surface area (TPSA) is 70.4 Å². The van der Waals surface area contributed by atoms with E-state index in [0.29, 0.717) is 10.8 Å². The van der Waals surface area contributed by atoms with Crippen LogP contribution in [0.5, 0.6) is 5.75 Å². The SMILES string of the molecule is CC(=O)OCC(C)(C)C(=O)C(Oc1ccc(Cl)cc1)n1ccnc1. The van der Waals surface area contributed by atoms with Crippen LogP contribution < -0.4 is 4.74 Å². The minimum atomic E-state index is -0.931. The smallest absolute Gasteiger partial charge is 0.302 e. The first kappa shape index (κ1) is 18.0. The van der Waals surface area contributed by atoms with Gasteiger partial charge in [-0.2, -0.15) is 0 Å². The van der Waals surface area contributed by atoms with Crippen molar-refractivity contribution in [2.45, 2.75) is 27.0 Å². The van der Waals surface area contributed by atoms with Crippen LogP contribution in [0.15, 0.2) is 43.0 Å². The number of imidazole rings is 1. The monoisotopic (exact) mass is 350 g/mol. The molecule has 0 aliphatic carbocycles. The molecule has 2 aromatic rings. The lowest BCUT2D eigenvalue weighted by Crippen LogP contribution is -2.39. The van der Waals surface area contributed by atoms with Crippen molar-refractivity contribution < 1.29 is 19.1 Å². The number of hydrogen-bond donors (Lipinski definition) is 0. The summed E-state index contributed by atoms with van der Waals surface area (Å²) in [6.07, 6.45) is 3.77. The van der Waals surface area contributed by atoms with Crippen molar-refractivity contribution in [3.63, 3.8) is 0 Å². The van der Waals surface area contributed by atoms with E-state index in [9.17, 15) is 9.59 Å². The van der Waals surface area contributed by atoms with Crippen molar-refractivity contribution in [1.82, 2.24) is 9.55 Å². The zero-order valence-corrected chi connectivity index (χ0v) is 14.5. The molecule has 1 atom stereocenters. The van der Waals surface area contributed by atoms with Gasteiger partial charge in [0.25, 0.3) is 0 Å². The average molecular weight is 351 g/mol. The number of rotatable bonds is 7. The Morgan fingerprint density at radius 1 is 1.29 bits per heavy atom. The van der Waals surface area contributed by atoms with E-state index in [1.165, 1.54) is 13.3 Å². The van der Waals surface area contributed by atoms with Crippen molar-refractivity contribution in [3.05, 3.63) is 48.0 Å². The van der Waals surface area contributed by atoms with Gasteiger partial charge in [0, 0.05) is 24.3 Å². The van der Waals surface area contributed by atoms with Crippen LogP contribution in [0.4, 0.5) is 0 Å². The number of esters is 1. The van der Waals surface area contributed by atoms with E-state index in [2.05, 4.69) is 4.98 Å².